The molecule has 218 valence electrons. The molecular formula is C40H38N2P2. The van der Waals surface area contributed by atoms with E-state index in [1.54, 1.807) is 0 Å². The second kappa shape index (κ2) is 15.7. The van der Waals surface area contributed by atoms with Gasteiger partial charge in [-0.25, -0.2) is 0 Å². The van der Waals surface area contributed by atoms with Crippen molar-refractivity contribution in [1.82, 2.24) is 9.34 Å². The van der Waals surface area contributed by atoms with Gasteiger partial charge in [-0.1, -0.05) is 182 Å². The zero-order valence-electron chi connectivity index (χ0n) is 24.9. The molecule has 2 nitrogen and oxygen atoms in total. The lowest BCUT2D eigenvalue weighted by Crippen LogP contribution is -2.37. The number of benzene rings is 6. The smallest absolute Gasteiger partial charge is 0.0284 e. The van der Waals surface area contributed by atoms with E-state index in [1.807, 2.05) is 0 Å². The normalized spacial score (nSPS) is 11.5. The van der Waals surface area contributed by atoms with Crippen LogP contribution in [0.15, 0.2) is 182 Å². The first kappa shape index (κ1) is 30.1. The lowest BCUT2D eigenvalue weighted by molar-refractivity contribution is 0.372. The minimum atomic E-state index is -0.742. The van der Waals surface area contributed by atoms with Crippen LogP contribution in [0.25, 0.3) is 0 Å². The highest BCUT2D eigenvalue weighted by Gasteiger charge is 2.27. The number of hydrogen-bond donors (Lipinski definition) is 0. The Morgan fingerprint density at radius 3 is 0.773 bits per heavy atom. The maximum atomic E-state index is 2.73. The Morgan fingerprint density at radius 2 is 0.523 bits per heavy atom. The van der Waals surface area contributed by atoms with Gasteiger partial charge in [-0.15, -0.1) is 0 Å². The first-order valence-corrected chi connectivity index (χ1v) is 17.8. The van der Waals surface area contributed by atoms with Crippen molar-refractivity contribution < 1.29 is 0 Å². The van der Waals surface area contributed by atoms with Crippen LogP contribution in [0, 0.1) is 0 Å². The van der Waals surface area contributed by atoms with Crippen LogP contribution in [-0.4, -0.2) is 22.4 Å². The monoisotopic (exact) mass is 608 g/mol. The summed E-state index contributed by atoms with van der Waals surface area (Å²) < 4.78 is 5.47. The molecule has 0 N–H and O–H groups in total. The van der Waals surface area contributed by atoms with Crippen molar-refractivity contribution >= 4 is 37.4 Å². The van der Waals surface area contributed by atoms with Crippen LogP contribution in [0.2, 0.25) is 0 Å². The van der Waals surface area contributed by atoms with Gasteiger partial charge in [0.25, 0.3) is 0 Å². The summed E-state index contributed by atoms with van der Waals surface area (Å²) in [5.41, 5.74) is 2.68. The molecule has 0 fully saturated rings. The Balaban J connectivity index is 1.40. The second-order valence-electron chi connectivity index (χ2n) is 10.7. The molecular weight excluding hydrogens is 570 g/mol. The second-order valence-corrected chi connectivity index (χ2v) is 15.2. The van der Waals surface area contributed by atoms with E-state index < -0.39 is 16.1 Å². The molecule has 4 heteroatoms. The highest BCUT2D eigenvalue weighted by atomic mass is 31.1. The third kappa shape index (κ3) is 7.97. The number of rotatable bonds is 13. The van der Waals surface area contributed by atoms with Crippen LogP contribution in [0.1, 0.15) is 11.1 Å². The fourth-order valence-corrected chi connectivity index (χ4v) is 10.5. The van der Waals surface area contributed by atoms with Crippen molar-refractivity contribution in [2.24, 2.45) is 0 Å². The van der Waals surface area contributed by atoms with Gasteiger partial charge < -0.3 is 0 Å². The number of nitrogens with zero attached hydrogens (tertiary/aromatic N) is 2. The predicted octanol–water partition coefficient (Wildman–Crippen LogP) is 8.09. The third-order valence-electron chi connectivity index (χ3n) is 7.60. The third-order valence-corrected chi connectivity index (χ3v) is 12.6. The zero-order valence-corrected chi connectivity index (χ0v) is 26.7. The van der Waals surface area contributed by atoms with Crippen molar-refractivity contribution in [3.63, 3.8) is 0 Å². The van der Waals surface area contributed by atoms with Gasteiger partial charge in [-0.05, 0) is 32.3 Å². The molecule has 0 atom stereocenters. The van der Waals surface area contributed by atoms with Gasteiger partial charge >= 0.3 is 0 Å². The maximum Gasteiger partial charge on any atom is 0.0284 e. The van der Waals surface area contributed by atoms with E-state index in [1.165, 1.54) is 32.3 Å². The van der Waals surface area contributed by atoms with Gasteiger partial charge in [0.2, 0.25) is 0 Å². The average molecular weight is 609 g/mol. The first-order chi connectivity index (χ1) is 21.8. The summed E-state index contributed by atoms with van der Waals surface area (Å²) in [5, 5.41) is 5.53. The summed E-state index contributed by atoms with van der Waals surface area (Å²) in [4.78, 5) is 0. The maximum absolute atomic E-state index is 2.73. The Labute approximate surface area is 265 Å². The molecule has 0 bridgehead atoms. The van der Waals surface area contributed by atoms with Crippen LogP contribution in [0.5, 0.6) is 0 Å². The van der Waals surface area contributed by atoms with E-state index in [2.05, 4.69) is 191 Å². The van der Waals surface area contributed by atoms with Crippen LogP contribution in [0.4, 0.5) is 0 Å². The van der Waals surface area contributed by atoms with E-state index in [0.717, 1.165) is 26.2 Å². The van der Waals surface area contributed by atoms with Crippen LogP contribution in [0.3, 0.4) is 0 Å². The Kier molecular flexibility index (Phi) is 10.8. The van der Waals surface area contributed by atoms with E-state index in [-0.39, 0.29) is 0 Å². The van der Waals surface area contributed by atoms with Crippen molar-refractivity contribution in [3.8, 4) is 0 Å². The van der Waals surface area contributed by atoms with Gasteiger partial charge in [0.15, 0.2) is 0 Å². The topological polar surface area (TPSA) is 6.48 Å². The summed E-state index contributed by atoms with van der Waals surface area (Å²) in [7, 11) is -1.48. The lowest BCUT2D eigenvalue weighted by Gasteiger charge is -2.37. The molecule has 6 rings (SSSR count). The Bertz CT molecular complexity index is 1440. The summed E-state index contributed by atoms with van der Waals surface area (Å²) in [6, 6.07) is 66.3. The van der Waals surface area contributed by atoms with Crippen LogP contribution >= 0.6 is 16.1 Å². The molecule has 6 aromatic rings. The molecule has 0 aromatic heterocycles. The molecule has 0 amide bonds. The molecule has 0 heterocycles. The summed E-state index contributed by atoms with van der Waals surface area (Å²) >= 11 is 0. The highest BCUT2D eigenvalue weighted by Crippen LogP contribution is 2.42. The van der Waals surface area contributed by atoms with Crippen molar-refractivity contribution in [2.75, 3.05) is 13.1 Å². The molecule has 0 radical (unpaired) electrons. The molecule has 0 saturated heterocycles. The average Bonchev–Trinajstić information content (AvgIpc) is 3.10. The highest BCUT2D eigenvalue weighted by molar-refractivity contribution is 7.71. The van der Waals surface area contributed by atoms with Gasteiger partial charge in [-0.3, -0.25) is 9.34 Å². The van der Waals surface area contributed by atoms with E-state index in [9.17, 15) is 0 Å². The molecule has 6 aromatic carbocycles. The van der Waals surface area contributed by atoms with Crippen LogP contribution < -0.4 is 21.2 Å². The SMILES string of the molecule is c1ccc(CN(CCN(Cc2ccccc2)P(c2ccccc2)c2ccccc2)P(c2ccccc2)c2ccccc2)cc1. The molecule has 0 aliphatic carbocycles. The quantitative estimate of drug-likeness (QED) is 0.122. The molecule has 0 aliphatic rings. The van der Waals surface area contributed by atoms with E-state index >= 15 is 0 Å². The van der Waals surface area contributed by atoms with Gasteiger partial charge in [0.1, 0.15) is 0 Å². The Hall–Kier alpha value is -3.90. The molecule has 0 aliphatic heterocycles. The van der Waals surface area contributed by atoms with Crippen molar-refractivity contribution in [2.45, 2.75) is 13.1 Å². The Morgan fingerprint density at radius 1 is 0.295 bits per heavy atom. The minimum Gasteiger partial charge on any atom is -0.269 e. The summed E-state index contributed by atoms with van der Waals surface area (Å²) in [6.07, 6.45) is 0. The van der Waals surface area contributed by atoms with E-state index in [0.29, 0.717) is 0 Å². The molecule has 44 heavy (non-hydrogen) atoms. The standard InChI is InChI=1S/C40H38N2P2/c1-7-19-35(20-8-1)33-41(43(37-23-11-3-12-24-37)38-25-13-4-14-26-38)31-32-42(34-36-21-9-2-10-22-36)44(39-27-15-5-16-28-39)40-29-17-6-18-30-40/h1-30H,31-34H2. The fourth-order valence-electron chi connectivity index (χ4n) is 5.55. The van der Waals surface area contributed by atoms with E-state index in [4.69, 9.17) is 0 Å². The summed E-state index contributed by atoms with van der Waals surface area (Å²) in [6.45, 7) is 3.67. The fraction of sp³-hybridized carbons (Fsp3) is 0.100. The lowest BCUT2D eigenvalue weighted by atomic mass is 10.2. The predicted molar refractivity (Wildman–Crippen MR) is 192 cm³/mol. The van der Waals surface area contributed by atoms with Crippen molar-refractivity contribution in [1.29, 1.82) is 0 Å². The van der Waals surface area contributed by atoms with Gasteiger partial charge in [0, 0.05) is 42.3 Å². The van der Waals surface area contributed by atoms with Crippen LogP contribution in [-0.2, 0) is 13.1 Å². The van der Waals surface area contributed by atoms with Gasteiger partial charge in [0.05, 0.1) is 0 Å². The number of hydrogen-bond acceptors (Lipinski definition) is 2. The molecule has 0 spiro atoms. The zero-order chi connectivity index (χ0) is 29.8. The largest absolute Gasteiger partial charge is 0.269 e. The summed E-state index contributed by atoms with van der Waals surface area (Å²) in [5.74, 6) is 0. The minimum absolute atomic E-state index is 0.742. The molecule has 0 saturated carbocycles. The first-order valence-electron chi connectivity index (χ1n) is 15.2. The van der Waals surface area contributed by atoms with Crippen molar-refractivity contribution in [3.05, 3.63) is 193 Å². The molecule has 0 unspecified atom stereocenters. The van der Waals surface area contributed by atoms with Gasteiger partial charge in [-0.2, -0.15) is 0 Å².